The molecule has 5 heteroatoms. The molecule has 2 nitrogen and oxygen atoms in total. The zero-order chi connectivity index (χ0) is 11.9. The average Bonchev–Trinajstić information content (AvgIpc) is 2.51. The van der Waals surface area contributed by atoms with Gasteiger partial charge in [0.05, 0.1) is 0 Å². The van der Waals surface area contributed by atoms with Gasteiger partial charge in [0.25, 0.3) is 0 Å². The lowest BCUT2D eigenvalue weighted by molar-refractivity contribution is -0.119. The molecule has 1 heterocycles. The molecule has 1 amide bonds. The number of benzene rings is 1. The Morgan fingerprint density at radius 1 is 1.19 bits per heavy atom. The Bertz CT molecular complexity index is 447. The molecule has 0 aromatic heterocycles. The number of hydrogen-bond donors (Lipinski definition) is 1. The van der Waals surface area contributed by atoms with Crippen LogP contribution >= 0.6 is 0 Å². The standard InChI is InChI=1S/C11H10F3NO/c1-5-6(3-11(16)15-5)7-2-9(13)10(14)4-8(7)12/h2,4-6H,3H2,1H3,(H,15,16). The smallest absolute Gasteiger partial charge is 0.220 e. The van der Waals surface area contributed by atoms with E-state index in [1.54, 1.807) is 6.92 Å². The van der Waals surface area contributed by atoms with Gasteiger partial charge in [0.15, 0.2) is 11.6 Å². The molecule has 0 spiro atoms. The second-order valence-electron chi connectivity index (χ2n) is 3.95. The van der Waals surface area contributed by atoms with Crippen LogP contribution in [0.25, 0.3) is 0 Å². The number of rotatable bonds is 1. The van der Waals surface area contributed by atoms with Crippen LogP contribution in [0.3, 0.4) is 0 Å². The minimum atomic E-state index is -1.22. The Morgan fingerprint density at radius 2 is 1.81 bits per heavy atom. The van der Waals surface area contributed by atoms with Gasteiger partial charge in [0.2, 0.25) is 5.91 Å². The summed E-state index contributed by atoms with van der Waals surface area (Å²) in [5.41, 5.74) is 0.0461. The largest absolute Gasteiger partial charge is 0.353 e. The summed E-state index contributed by atoms with van der Waals surface area (Å²) in [5, 5.41) is 2.60. The van der Waals surface area contributed by atoms with E-state index in [1.807, 2.05) is 0 Å². The Morgan fingerprint density at radius 3 is 2.38 bits per heavy atom. The minimum absolute atomic E-state index is 0.0461. The first-order chi connectivity index (χ1) is 7.49. The molecule has 2 rings (SSSR count). The normalized spacial score (nSPS) is 24.6. The van der Waals surface area contributed by atoms with Crippen LogP contribution in [-0.2, 0) is 4.79 Å². The number of amides is 1. The van der Waals surface area contributed by atoms with Gasteiger partial charge < -0.3 is 5.32 Å². The van der Waals surface area contributed by atoms with Gasteiger partial charge in [0, 0.05) is 24.4 Å². The Kier molecular flexibility index (Phi) is 2.61. The van der Waals surface area contributed by atoms with E-state index in [2.05, 4.69) is 5.32 Å². The second-order valence-corrected chi connectivity index (χ2v) is 3.95. The van der Waals surface area contributed by atoms with E-state index in [1.165, 1.54) is 0 Å². The first-order valence-corrected chi connectivity index (χ1v) is 4.93. The summed E-state index contributed by atoms with van der Waals surface area (Å²) >= 11 is 0. The molecule has 16 heavy (non-hydrogen) atoms. The summed E-state index contributed by atoms with van der Waals surface area (Å²) in [6, 6.07) is 1.07. The predicted octanol–water partition coefficient (Wildman–Crippen LogP) is 2.10. The molecule has 2 atom stereocenters. The van der Waals surface area contributed by atoms with Crippen molar-refractivity contribution in [2.24, 2.45) is 0 Å². The summed E-state index contributed by atoms with van der Waals surface area (Å²) in [5.74, 6) is -3.77. The van der Waals surface area contributed by atoms with Crippen molar-refractivity contribution >= 4 is 5.91 Å². The molecule has 2 unspecified atom stereocenters. The molecule has 1 aliphatic rings. The van der Waals surface area contributed by atoms with Gasteiger partial charge in [-0.15, -0.1) is 0 Å². The van der Waals surface area contributed by atoms with Crippen molar-refractivity contribution in [1.29, 1.82) is 0 Å². The highest BCUT2D eigenvalue weighted by Crippen LogP contribution is 2.31. The van der Waals surface area contributed by atoms with Crippen LogP contribution in [0.1, 0.15) is 24.8 Å². The van der Waals surface area contributed by atoms with Crippen LogP contribution in [0.5, 0.6) is 0 Å². The molecule has 0 radical (unpaired) electrons. The third kappa shape index (κ3) is 1.77. The Labute approximate surface area is 90.5 Å². The highest BCUT2D eigenvalue weighted by molar-refractivity contribution is 5.80. The fourth-order valence-electron chi connectivity index (χ4n) is 1.99. The highest BCUT2D eigenvalue weighted by Gasteiger charge is 2.32. The fraction of sp³-hybridized carbons (Fsp3) is 0.364. The van der Waals surface area contributed by atoms with Gasteiger partial charge >= 0.3 is 0 Å². The van der Waals surface area contributed by atoms with Crippen molar-refractivity contribution in [2.75, 3.05) is 0 Å². The monoisotopic (exact) mass is 229 g/mol. The van der Waals surface area contributed by atoms with Crippen molar-refractivity contribution in [3.8, 4) is 0 Å². The fourth-order valence-corrected chi connectivity index (χ4v) is 1.99. The Hall–Kier alpha value is -1.52. The Balaban J connectivity index is 2.41. The van der Waals surface area contributed by atoms with Gasteiger partial charge in [-0.2, -0.15) is 0 Å². The van der Waals surface area contributed by atoms with Crippen molar-refractivity contribution in [3.05, 3.63) is 35.1 Å². The zero-order valence-corrected chi connectivity index (χ0v) is 8.56. The van der Waals surface area contributed by atoms with Crippen molar-refractivity contribution in [3.63, 3.8) is 0 Å². The van der Waals surface area contributed by atoms with E-state index in [-0.39, 0.29) is 23.9 Å². The number of hydrogen-bond acceptors (Lipinski definition) is 1. The van der Waals surface area contributed by atoms with Crippen molar-refractivity contribution in [2.45, 2.75) is 25.3 Å². The van der Waals surface area contributed by atoms with Crippen molar-refractivity contribution < 1.29 is 18.0 Å². The molecular weight excluding hydrogens is 219 g/mol. The molecule has 86 valence electrons. The number of carbonyl (C=O) groups is 1. The lowest BCUT2D eigenvalue weighted by Gasteiger charge is -2.15. The van der Waals surface area contributed by atoms with Crippen LogP contribution < -0.4 is 5.32 Å². The van der Waals surface area contributed by atoms with Crippen molar-refractivity contribution in [1.82, 2.24) is 5.32 Å². The molecular formula is C11H10F3NO. The summed E-state index contributed by atoms with van der Waals surface area (Å²) in [7, 11) is 0. The third-order valence-corrected chi connectivity index (χ3v) is 2.84. The average molecular weight is 229 g/mol. The summed E-state index contributed by atoms with van der Waals surface area (Å²) in [6.07, 6.45) is 0.100. The molecule has 1 fully saturated rings. The molecule has 1 saturated heterocycles. The summed E-state index contributed by atoms with van der Waals surface area (Å²) in [4.78, 5) is 11.1. The van der Waals surface area contributed by atoms with Gasteiger partial charge in [-0.3, -0.25) is 4.79 Å². The molecule has 1 aromatic rings. The summed E-state index contributed by atoms with van der Waals surface area (Å²) < 4.78 is 39.1. The molecule has 1 aliphatic heterocycles. The van der Waals surface area contributed by atoms with E-state index in [0.29, 0.717) is 6.07 Å². The van der Waals surface area contributed by atoms with Crippen LogP contribution in [0.2, 0.25) is 0 Å². The van der Waals surface area contributed by atoms with Crippen LogP contribution in [-0.4, -0.2) is 11.9 Å². The lowest BCUT2D eigenvalue weighted by atomic mass is 9.92. The van der Waals surface area contributed by atoms with Gasteiger partial charge in [0.1, 0.15) is 5.82 Å². The SMILES string of the molecule is CC1NC(=O)CC1c1cc(F)c(F)cc1F. The van der Waals surface area contributed by atoms with E-state index in [0.717, 1.165) is 6.07 Å². The van der Waals surface area contributed by atoms with Gasteiger partial charge in [-0.05, 0) is 18.6 Å². The molecule has 1 N–H and O–H groups in total. The first kappa shape index (κ1) is 11.0. The molecule has 0 aliphatic carbocycles. The lowest BCUT2D eigenvalue weighted by Crippen LogP contribution is -2.25. The molecule has 1 aromatic carbocycles. The topological polar surface area (TPSA) is 29.1 Å². The van der Waals surface area contributed by atoms with Crippen LogP contribution in [0, 0.1) is 17.5 Å². The second kappa shape index (κ2) is 3.81. The predicted molar refractivity (Wildman–Crippen MR) is 51.3 cm³/mol. The maximum absolute atomic E-state index is 13.4. The molecule has 0 bridgehead atoms. The first-order valence-electron chi connectivity index (χ1n) is 4.93. The van der Waals surface area contributed by atoms with Gasteiger partial charge in [-0.25, -0.2) is 13.2 Å². The maximum atomic E-state index is 13.4. The zero-order valence-electron chi connectivity index (χ0n) is 8.56. The molecule has 0 saturated carbocycles. The third-order valence-electron chi connectivity index (χ3n) is 2.84. The van der Waals surface area contributed by atoms with E-state index < -0.39 is 23.4 Å². The minimum Gasteiger partial charge on any atom is -0.353 e. The van der Waals surface area contributed by atoms with Crippen LogP contribution in [0.15, 0.2) is 12.1 Å². The number of halogens is 3. The highest BCUT2D eigenvalue weighted by atomic mass is 19.2. The van der Waals surface area contributed by atoms with Gasteiger partial charge in [-0.1, -0.05) is 0 Å². The number of carbonyl (C=O) groups excluding carboxylic acids is 1. The van der Waals surface area contributed by atoms with E-state index >= 15 is 0 Å². The number of nitrogens with one attached hydrogen (secondary N) is 1. The summed E-state index contributed by atoms with van der Waals surface area (Å²) in [6.45, 7) is 1.70. The van der Waals surface area contributed by atoms with E-state index in [4.69, 9.17) is 0 Å². The van der Waals surface area contributed by atoms with E-state index in [9.17, 15) is 18.0 Å². The maximum Gasteiger partial charge on any atom is 0.220 e. The van der Waals surface area contributed by atoms with Crippen LogP contribution in [0.4, 0.5) is 13.2 Å². The quantitative estimate of drug-likeness (QED) is 0.734.